The lowest BCUT2D eigenvalue weighted by Gasteiger charge is -2.23. The second kappa shape index (κ2) is 7.67. The van der Waals surface area contributed by atoms with Crippen LogP contribution in [-0.4, -0.2) is 0 Å². The van der Waals surface area contributed by atoms with Gasteiger partial charge in [-0.05, 0) is 78.4 Å². The van der Waals surface area contributed by atoms with Crippen LogP contribution in [-0.2, 0) is 6.42 Å². The first-order valence-electron chi connectivity index (χ1n) is 10.3. The molecule has 3 aromatic carbocycles. The van der Waals surface area contributed by atoms with E-state index in [2.05, 4.69) is 88.4 Å². The molecule has 0 radical (unpaired) electrons. The Kier molecular flexibility index (Phi) is 5.09. The molecule has 0 N–H and O–H groups in total. The summed E-state index contributed by atoms with van der Waals surface area (Å²) in [7, 11) is 0. The highest BCUT2D eigenvalue weighted by molar-refractivity contribution is 5.85. The molecule has 0 spiro atoms. The second-order valence-corrected chi connectivity index (χ2v) is 7.69. The van der Waals surface area contributed by atoms with Gasteiger partial charge in [0.15, 0.2) is 0 Å². The van der Waals surface area contributed by atoms with Crippen LogP contribution in [0.2, 0.25) is 0 Å². The molecule has 0 atom stereocenters. The molecule has 1 heterocycles. The third-order valence-corrected chi connectivity index (χ3v) is 5.57. The van der Waals surface area contributed by atoms with Crippen molar-refractivity contribution in [2.24, 2.45) is 0 Å². The highest BCUT2D eigenvalue weighted by Crippen LogP contribution is 2.38. The smallest absolute Gasteiger partial charge is 0.135 e. The minimum Gasteiger partial charge on any atom is -0.456 e. The fourth-order valence-electron chi connectivity index (χ4n) is 4.15. The first-order chi connectivity index (χ1) is 13.6. The van der Waals surface area contributed by atoms with Gasteiger partial charge in [0.05, 0.1) is 0 Å². The molecule has 3 aromatic rings. The Morgan fingerprint density at radius 3 is 2.36 bits per heavy atom. The van der Waals surface area contributed by atoms with Gasteiger partial charge in [-0.15, -0.1) is 0 Å². The van der Waals surface area contributed by atoms with E-state index in [9.17, 15) is 0 Å². The number of rotatable bonds is 4. The predicted octanol–water partition coefficient (Wildman–Crippen LogP) is 5.80. The quantitative estimate of drug-likeness (QED) is 0.442. The van der Waals surface area contributed by atoms with Gasteiger partial charge in [0.1, 0.15) is 11.5 Å². The summed E-state index contributed by atoms with van der Waals surface area (Å²) in [4.78, 5) is 0. The van der Waals surface area contributed by atoms with E-state index in [4.69, 9.17) is 4.74 Å². The molecule has 1 nitrogen and oxygen atoms in total. The lowest BCUT2D eigenvalue weighted by molar-refractivity contribution is 0.470. The monoisotopic (exact) mass is 368 g/mol. The molecule has 1 aliphatic heterocycles. The van der Waals surface area contributed by atoms with Gasteiger partial charge >= 0.3 is 0 Å². The highest BCUT2D eigenvalue weighted by atomic mass is 16.5. The number of benzene rings is 3. The molecular formula is C27H28O. The van der Waals surface area contributed by atoms with Crippen molar-refractivity contribution in [3.63, 3.8) is 0 Å². The SMILES string of the molecule is CC/C=c1/cc2c(cc1C)=C(c1ccccc1)c1cc(C)c(CCC)cc1O2. The summed E-state index contributed by atoms with van der Waals surface area (Å²) in [5, 5.41) is 2.45. The Balaban J connectivity index is 2.08. The van der Waals surface area contributed by atoms with E-state index in [1.54, 1.807) is 0 Å². The van der Waals surface area contributed by atoms with Crippen molar-refractivity contribution in [2.75, 3.05) is 0 Å². The van der Waals surface area contributed by atoms with Crippen LogP contribution < -0.4 is 15.2 Å². The summed E-state index contributed by atoms with van der Waals surface area (Å²) in [6, 6.07) is 19.8. The molecule has 142 valence electrons. The van der Waals surface area contributed by atoms with Crippen molar-refractivity contribution >= 4 is 11.6 Å². The summed E-state index contributed by atoms with van der Waals surface area (Å²) >= 11 is 0. The molecule has 0 unspecified atom stereocenters. The van der Waals surface area contributed by atoms with Crippen LogP contribution >= 0.6 is 0 Å². The van der Waals surface area contributed by atoms with Crippen molar-refractivity contribution in [1.82, 2.24) is 0 Å². The Hall–Kier alpha value is -2.80. The van der Waals surface area contributed by atoms with Gasteiger partial charge < -0.3 is 4.74 Å². The minimum atomic E-state index is 0.961. The number of ether oxygens (including phenoxy) is 1. The van der Waals surface area contributed by atoms with Crippen molar-refractivity contribution in [2.45, 2.75) is 47.0 Å². The molecule has 4 rings (SSSR count). The van der Waals surface area contributed by atoms with Crippen LogP contribution in [0.25, 0.3) is 11.6 Å². The zero-order chi connectivity index (χ0) is 19.7. The van der Waals surface area contributed by atoms with Gasteiger partial charge in [0.2, 0.25) is 0 Å². The summed E-state index contributed by atoms with van der Waals surface area (Å²) in [5.41, 5.74) is 7.72. The molecule has 0 saturated heterocycles. The first kappa shape index (κ1) is 18.6. The Morgan fingerprint density at radius 2 is 1.64 bits per heavy atom. The van der Waals surface area contributed by atoms with Crippen molar-refractivity contribution in [1.29, 1.82) is 0 Å². The number of hydrogen-bond donors (Lipinski definition) is 0. The fraction of sp³-hybridized carbons (Fsp3) is 0.259. The van der Waals surface area contributed by atoms with Crippen molar-refractivity contribution < 1.29 is 4.74 Å². The topological polar surface area (TPSA) is 9.23 Å². The van der Waals surface area contributed by atoms with Gasteiger partial charge in [-0.1, -0.05) is 56.7 Å². The van der Waals surface area contributed by atoms with E-state index in [0.717, 1.165) is 30.8 Å². The maximum atomic E-state index is 6.47. The van der Waals surface area contributed by atoms with Crippen LogP contribution in [0.1, 0.15) is 54.5 Å². The molecular weight excluding hydrogens is 340 g/mol. The third kappa shape index (κ3) is 3.26. The van der Waals surface area contributed by atoms with Gasteiger partial charge in [-0.3, -0.25) is 0 Å². The molecule has 28 heavy (non-hydrogen) atoms. The van der Waals surface area contributed by atoms with Crippen LogP contribution in [0.3, 0.4) is 0 Å². The van der Waals surface area contributed by atoms with E-state index in [1.807, 2.05) is 0 Å². The van der Waals surface area contributed by atoms with E-state index in [0.29, 0.717) is 0 Å². The second-order valence-electron chi connectivity index (χ2n) is 7.69. The van der Waals surface area contributed by atoms with E-state index >= 15 is 0 Å². The van der Waals surface area contributed by atoms with Crippen LogP contribution in [0.15, 0.2) is 54.6 Å². The Labute approximate surface area is 168 Å². The van der Waals surface area contributed by atoms with Gasteiger partial charge in [0.25, 0.3) is 0 Å². The molecule has 0 fully saturated rings. The Bertz CT molecular complexity index is 1140. The standard InChI is InChI=1S/C27H28O/c1-5-10-21-16-25-23(14-18(21)3)27(20-12-8-7-9-13-20)24-15-19(4)22(11-6-2)17-26(24)28-25/h7-10,12-17H,5-6,11H2,1-4H3/b21-10-. The summed E-state index contributed by atoms with van der Waals surface area (Å²) < 4.78 is 6.47. The van der Waals surface area contributed by atoms with E-state index < -0.39 is 0 Å². The summed E-state index contributed by atoms with van der Waals surface area (Å²) in [5.74, 6) is 1.94. The van der Waals surface area contributed by atoms with Crippen LogP contribution in [0.5, 0.6) is 11.5 Å². The molecule has 0 amide bonds. The van der Waals surface area contributed by atoms with Crippen LogP contribution in [0.4, 0.5) is 0 Å². The number of hydrogen-bond acceptors (Lipinski definition) is 1. The van der Waals surface area contributed by atoms with Crippen molar-refractivity contribution in [3.05, 3.63) is 92.9 Å². The molecule has 0 aliphatic carbocycles. The van der Waals surface area contributed by atoms with E-state index in [1.165, 1.54) is 43.8 Å². The largest absolute Gasteiger partial charge is 0.456 e. The maximum Gasteiger partial charge on any atom is 0.135 e. The van der Waals surface area contributed by atoms with Gasteiger partial charge in [-0.25, -0.2) is 0 Å². The minimum absolute atomic E-state index is 0.961. The first-order valence-corrected chi connectivity index (χ1v) is 10.3. The highest BCUT2D eigenvalue weighted by Gasteiger charge is 2.21. The third-order valence-electron chi connectivity index (χ3n) is 5.57. The maximum absolute atomic E-state index is 6.47. The molecule has 0 aromatic heterocycles. The average molecular weight is 369 g/mol. The fourth-order valence-corrected chi connectivity index (χ4v) is 4.15. The lowest BCUT2D eigenvalue weighted by atomic mass is 9.89. The predicted molar refractivity (Wildman–Crippen MR) is 118 cm³/mol. The zero-order valence-electron chi connectivity index (χ0n) is 17.3. The average Bonchev–Trinajstić information content (AvgIpc) is 2.69. The number of fused-ring (bicyclic) bond motifs is 2. The summed E-state index contributed by atoms with van der Waals surface area (Å²) in [6.45, 7) is 8.81. The van der Waals surface area contributed by atoms with Gasteiger partial charge in [-0.2, -0.15) is 0 Å². The lowest BCUT2D eigenvalue weighted by Crippen LogP contribution is -2.22. The van der Waals surface area contributed by atoms with E-state index in [-0.39, 0.29) is 0 Å². The molecule has 1 heteroatoms. The molecule has 0 saturated carbocycles. The van der Waals surface area contributed by atoms with Crippen LogP contribution in [0, 0.1) is 13.8 Å². The molecule has 1 aliphatic rings. The summed E-state index contributed by atoms with van der Waals surface area (Å²) in [6.07, 6.45) is 5.51. The zero-order valence-corrected chi connectivity index (χ0v) is 17.3. The van der Waals surface area contributed by atoms with Gasteiger partial charge in [0, 0.05) is 16.4 Å². The normalized spacial score (nSPS) is 13.1. The van der Waals surface area contributed by atoms with Crippen molar-refractivity contribution in [3.8, 4) is 11.5 Å². The Morgan fingerprint density at radius 1 is 0.857 bits per heavy atom. The molecule has 0 bridgehead atoms. The number of aryl methyl sites for hydroxylation is 3.